The van der Waals surface area contributed by atoms with Crippen molar-refractivity contribution in [3.8, 4) is 0 Å². The van der Waals surface area contributed by atoms with E-state index < -0.39 is 19.9 Å². The molecular weight excluding hydrogens is 364 g/mol. The quantitative estimate of drug-likeness (QED) is 0.464. The highest BCUT2D eigenvalue weighted by molar-refractivity contribution is 7.89. The van der Waals surface area contributed by atoms with E-state index in [9.17, 15) is 28.6 Å². The highest BCUT2D eigenvalue weighted by Crippen LogP contribution is 2.22. The Bertz CT molecular complexity index is 999. The van der Waals surface area contributed by atoms with E-state index in [1.807, 2.05) is 4.83 Å². The number of hydrazone groups is 1. The average molecular weight is 378 g/mol. The lowest BCUT2D eigenvalue weighted by atomic mass is 10.1. The fraction of sp³-hybridized carbons (Fsp3) is 0.133. The fourth-order valence-electron chi connectivity index (χ4n) is 2.02. The van der Waals surface area contributed by atoms with E-state index in [2.05, 4.69) is 5.10 Å². The second-order valence-electron chi connectivity index (χ2n) is 5.30. The molecule has 0 heterocycles. The molecule has 0 saturated heterocycles. The van der Waals surface area contributed by atoms with Crippen molar-refractivity contribution in [1.82, 2.24) is 4.83 Å². The second-order valence-corrected chi connectivity index (χ2v) is 6.96. The van der Waals surface area contributed by atoms with E-state index in [0.29, 0.717) is 11.1 Å². The standard InChI is InChI=1S/C15H14N4O6S/c1-10-3-8-14(9-15(10)19(22)23)26(24,25)17-16-11(2)12-4-6-13(7-5-12)18(20)21/h3-9,17H,1-2H3/b16-11+. The number of nitro benzene ring substituents is 2. The number of nitrogens with zero attached hydrogens (tertiary/aromatic N) is 3. The van der Waals surface area contributed by atoms with Gasteiger partial charge in [-0.25, -0.2) is 0 Å². The van der Waals surface area contributed by atoms with Crippen LogP contribution in [0.2, 0.25) is 0 Å². The second kappa shape index (κ2) is 7.27. The van der Waals surface area contributed by atoms with Crippen molar-refractivity contribution in [2.75, 3.05) is 0 Å². The fourth-order valence-corrected chi connectivity index (χ4v) is 2.90. The van der Waals surface area contributed by atoms with E-state index in [0.717, 1.165) is 6.07 Å². The van der Waals surface area contributed by atoms with Crippen LogP contribution in [0.25, 0.3) is 0 Å². The Kier molecular flexibility index (Phi) is 5.31. The molecule has 0 amide bonds. The molecule has 0 unspecified atom stereocenters. The first-order valence-electron chi connectivity index (χ1n) is 7.18. The van der Waals surface area contributed by atoms with Gasteiger partial charge in [0.2, 0.25) is 0 Å². The first kappa shape index (κ1) is 19.0. The lowest BCUT2D eigenvalue weighted by Gasteiger charge is -2.06. The summed E-state index contributed by atoms with van der Waals surface area (Å²) in [5.74, 6) is 0. The molecule has 10 nitrogen and oxygen atoms in total. The highest BCUT2D eigenvalue weighted by atomic mass is 32.2. The molecule has 2 aromatic rings. The zero-order valence-electron chi connectivity index (χ0n) is 13.7. The number of hydrogen-bond donors (Lipinski definition) is 1. The maximum atomic E-state index is 12.3. The predicted molar refractivity (Wildman–Crippen MR) is 93.5 cm³/mol. The third-order valence-electron chi connectivity index (χ3n) is 3.52. The van der Waals surface area contributed by atoms with Crippen molar-refractivity contribution >= 4 is 27.1 Å². The van der Waals surface area contributed by atoms with E-state index in [1.165, 1.54) is 50.2 Å². The number of nitro groups is 2. The molecule has 0 aliphatic heterocycles. The lowest BCUT2D eigenvalue weighted by Crippen LogP contribution is -2.20. The molecule has 0 atom stereocenters. The number of hydrogen-bond acceptors (Lipinski definition) is 7. The van der Waals surface area contributed by atoms with Gasteiger partial charge in [0.25, 0.3) is 21.4 Å². The zero-order chi connectivity index (χ0) is 19.5. The van der Waals surface area contributed by atoms with E-state index >= 15 is 0 Å². The van der Waals surface area contributed by atoms with Crippen LogP contribution in [0.3, 0.4) is 0 Å². The first-order valence-corrected chi connectivity index (χ1v) is 8.66. The molecule has 0 spiro atoms. The summed E-state index contributed by atoms with van der Waals surface area (Å²) in [4.78, 5) is 22.1. The van der Waals surface area contributed by atoms with Gasteiger partial charge in [0.05, 0.1) is 20.5 Å². The van der Waals surface area contributed by atoms with Gasteiger partial charge in [-0.05, 0) is 37.6 Å². The summed E-state index contributed by atoms with van der Waals surface area (Å²) in [6.45, 7) is 3.01. The summed E-state index contributed by atoms with van der Waals surface area (Å²) in [5, 5.41) is 25.3. The molecule has 0 aliphatic rings. The van der Waals surface area contributed by atoms with Crippen LogP contribution in [0.15, 0.2) is 52.5 Å². The monoisotopic (exact) mass is 378 g/mol. The van der Waals surface area contributed by atoms with Gasteiger partial charge in [-0.2, -0.15) is 18.4 Å². The van der Waals surface area contributed by atoms with Crippen LogP contribution in [0.4, 0.5) is 11.4 Å². The molecule has 26 heavy (non-hydrogen) atoms. The third-order valence-corrected chi connectivity index (χ3v) is 4.72. The molecule has 2 rings (SSSR count). The predicted octanol–water partition coefficient (Wildman–Crippen LogP) is 2.51. The van der Waals surface area contributed by atoms with Crippen LogP contribution in [0, 0.1) is 27.2 Å². The van der Waals surface area contributed by atoms with Gasteiger partial charge in [-0.1, -0.05) is 6.07 Å². The highest BCUT2D eigenvalue weighted by Gasteiger charge is 2.19. The zero-order valence-corrected chi connectivity index (χ0v) is 14.6. The Labute approximate surface area is 148 Å². The molecule has 0 aliphatic carbocycles. The first-order chi connectivity index (χ1) is 12.1. The largest absolute Gasteiger partial charge is 0.276 e. The molecule has 0 saturated carbocycles. The molecule has 136 valence electrons. The molecule has 0 radical (unpaired) electrons. The summed E-state index contributed by atoms with van der Waals surface area (Å²) in [6, 6.07) is 8.93. The molecule has 0 fully saturated rings. The van der Waals surface area contributed by atoms with Crippen LogP contribution in [0.5, 0.6) is 0 Å². The Hall–Kier alpha value is -3.34. The van der Waals surface area contributed by atoms with Crippen LogP contribution in [-0.2, 0) is 10.0 Å². The van der Waals surface area contributed by atoms with Crippen molar-refractivity contribution < 1.29 is 18.3 Å². The van der Waals surface area contributed by atoms with Crippen molar-refractivity contribution in [1.29, 1.82) is 0 Å². The van der Waals surface area contributed by atoms with Gasteiger partial charge >= 0.3 is 0 Å². The van der Waals surface area contributed by atoms with Crippen LogP contribution in [-0.4, -0.2) is 24.0 Å². The van der Waals surface area contributed by atoms with Gasteiger partial charge in [-0.15, -0.1) is 0 Å². The van der Waals surface area contributed by atoms with Crippen LogP contribution in [0.1, 0.15) is 18.1 Å². The summed E-state index contributed by atoms with van der Waals surface area (Å²) in [5.41, 5.74) is 0.663. The normalized spacial score (nSPS) is 11.8. The van der Waals surface area contributed by atoms with Crippen molar-refractivity contribution in [2.24, 2.45) is 5.10 Å². The minimum absolute atomic E-state index is 0.103. The van der Waals surface area contributed by atoms with Crippen molar-refractivity contribution in [3.63, 3.8) is 0 Å². The van der Waals surface area contributed by atoms with Crippen LogP contribution < -0.4 is 4.83 Å². The molecule has 0 aromatic heterocycles. The average Bonchev–Trinajstić information content (AvgIpc) is 2.59. The van der Waals surface area contributed by atoms with Gasteiger partial charge in [0.1, 0.15) is 0 Å². The van der Waals surface area contributed by atoms with Gasteiger partial charge in [0.15, 0.2) is 0 Å². The minimum atomic E-state index is -4.11. The number of rotatable bonds is 6. The topological polar surface area (TPSA) is 145 Å². The van der Waals surface area contributed by atoms with Gasteiger partial charge < -0.3 is 0 Å². The van der Waals surface area contributed by atoms with Gasteiger partial charge in [-0.3, -0.25) is 20.2 Å². The Morgan fingerprint density at radius 1 is 1.04 bits per heavy atom. The summed E-state index contributed by atoms with van der Waals surface area (Å²) < 4.78 is 24.5. The van der Waals surface area contributed by atoms with E-state index in [4.69, 9.17) is 0 Å². The summed E-state index contributed by atoms with van der Waals surface area (Å²) >= 11 is 0. The van der Waals surface area contributed by atoms with Crippen molar-refractivity contribution in [2.45, 2.75) is 18.7 Å². The molecule has 2 aromatic carbocycles. The maximum absolute atomic E-state index is 12.3. The summed E-state index contributed by atoms with van der Waals surface area (Å²) in [6.07, 6.45) is 0. The van der Waals surface area contributed by atoms with E-state index in [-0.39, 0.29) is 22.0 Å². The van der Waals surface area contributed by atoms with E-state index in [1.54, 1.807) is 0 Å². The van der Waals surface area contributed by atoms with Gasteiger partial charge in [0, 0.05) is 23.8 Å². The lowest BCUT2D eigenvalue weighted by molar-refractivity contribution is -0.385. The molecule has 11 heteroatoms. The number of nitrogens with one attached hydrogen (secondary N) is 1. The summed E-state index contributed by atoms with van der Waals surface area (Å²) in [7, 11) is -4.11. The number of benzene rings is 2. The Morgan fingerprint density at radius 3 is 2.19 bits per heavy atom. The molecule has 1 N–H and O–H groups in total. The molecule has 0 bridgehead atoms. The number of aryl methyl sites for hydroxylation is 1. The molecular formula is C15H14N4O6S. The Balaban J connectivity index is 2.26. The minimum Gasteiger partial charge on any atom is -0.258 e. The number of non-ortho nitro benzene ring substituents is 1. The number of sulfonamides is 1. The third kappa shape index (κ3) is 4.19. The maximum Gasteiger partial charge on any atom is 0.276 e. The SMILES string of the molecule is C/C(=N\NS(=O)(=O)c1ccc(C)c([N+](=O)[O-])c1)c1ccc([N+](=O)[O-])cc1. The van der Waals surface area contributed by atoms with Crippen LogP contribution >= 0.6 is 0 Å². The Morgan fingerprint density at radius 2 is 1.65 bits per heavy atom. The van der Waals surface area contributed by atoms with Crippen molar-refractivity contribution in [3.05, 3.63) is 73.8 Å². The smallest absolute Gasteiger partial charge is 0.258 e.